The van der Waals surface area contributed by atoms with E-state index >= 15 is 0 Å². The number of rotatable bonds is 10. The predicted octanol–water partition coefficient (Wildman–Crippen LogP) is 6.00. The number of hydrogen-bond donors (Lipinski definition) is 1. The lowest BCUT2D eigenvalue weighted by Gasteiger charge is -2.32. The first-order valence-corrected chi connectivity index (χ1v) is 13.7. The van der Waals surface area contributed by atoms with Crippen LogP contribution in [0.25, 0.3) is 0 Å². The van der Waals surface area contributed by atoms with Crippen LogP contribution >= 0.6 is 0 Å². The Morgan fingerprint density at radius 1 is 0.895 bits per heavy atom. The molecule has 1 atom stereocenters. The van der Waals surface area contributed by atoms with Gasteiger partial charge in [-0.3, -0.25) is 9.59 Å². The smallest absolute Gasteiger partial charge is 0.261 e. The molecular formula is C33H40N2O3. The van der Waals surface area contributed by atoms with Crippen molar-refractivity contribution in [1.82, 2.24) is 10.2 Å². The zero-order valence-electron chi connectivity index (χ0n) is 23.1. The maximum Gasteiger partial charge on any atom is 0.261 e. The summed E-state index contributed by atoms with van der Waals surface area (Å²) < 4.78 is 6.09. The zero-order valence-corrected chi connectivity index (χ0v) is 23.1. The SMILES string of the molecule is Cc1ccc(CN(C(=O)COc2cc(C)cc(C)c2C)C(Cc2ccccc2)C(=O)NC2CCCC2)cc1. The number of benzene rings is 3. The van der Waals surface area contributed by atoms with E-state index in [1.54, 1.807) is 4.90 Å². The molecule has 0 aliphatic heterocycles. The maximum atomic E-state index is 13.9. The van der Waals surface area contributed by atoms with Crippen LogP contribution in [0, 0.1) is 27.7 Å². The summed E-state index contributed by atoms with van der Waals surface area (Å²) in [6, 6.07) is 21.7. The third kappa shape index (κ3) is 7.25. The van der Waals surface area contributed by atoms with Crippen molar-refractivity contribution in [3.63, 3.8) is 0 Å². The average Bonchev–Trinajstić information content (AvgIpc) is 3.42. The monoisotopic (exact) mass is 512 g/mol. The van der Waals surface area contributed by atoms with Crippen molar-refractivity contribution in [3.05, 3.63) is 100 Å². The van der Waals surface area contributed by atoms with Crippen molar-refractivity contribution in [3.8, 4) is 5.75 Å². The van der Waals surface area contributed by atoms with E-state index in [0.717, 1.165) is 59.1 Å². The fourth-order valence-corrected chi connectivity index (χ4v) is 5.18. The van der Waals surface area contributed by atoms with Gasteiger partial charge in [-0.15, -0.1) is 0 Å². The summed E-state index contributed by atoms with van der Waals surface area (Å²) in [6.07, 6.45) is 4.68. The lowest BCUT2D eigenvalue weighted by Crippen LogP contribution is -2.53. The first kappa shape index (κ1) is 27.4. The topological polar surface area (TPSA) is 58.6 Å². The normalized spacial score (nSPS) is 14.2. The van der Waals surface area contributed by atoms with E-state index in [0.29, 0.717) is 18.7 Å². The molecule has 1 aliphatic carbocycles. The van der Waals surface area contributed by atoms with Crippen LogP contribution in [0.2, 0.25) is 0 Å². The van der Waals surface area contributed by atoms with Gasteiger partial charge in [0.15, 0.2) is 6.61 Å². The molecule has 3 aromatic rings. The van der Waals surface area contributed by atoms with Crippen LogP contribution in [-0.4, -0.2) is 35.4 Å². The summed E-state index contributed by atoms with van der Waals surface area (Å²) in [5.41, 5.74) is 6.39. The molecule has 3 aromatic carbocycles. The second kappa shape index (κ2) is 12.8. The molecule has 1 unspecified atom stereocenters. The Bertz CT molecular complexity index is 1230. The van der Waals surface area contributed by atoms with Gasteiger partial charge in [-0.2, -0.15) is 0 Å². The lowest BCUT2D eigenvalue weighted by atomic mass is 10.0. The Labute approximate surface area is 227 Å². The van der Waals surface area contributed by atoms with Gasteiger partial charge in [-0.05, 0) is 74.4 Å². The highest BCUT2D eigenvalue weighted by atomic mass is 16.5. The van der Waals surface area contributed by atoms with Crippen LogP contribution in [-0.2, 0) is 22.6 Å². The van der Waals surface area contributed by atoms with Crippen LogP contribution in [0.15, 0.2) is 66.7 Å². The number of nitrogens with zero attached hydrogens (tertiary/aromatic N) is 1. The summed E-state index contributed by atoms with van der Waals surface area (Å²) >= 11 is 0. The second-order valence-corrected chi connectivity index (χ2v) is 10.7. The van der Waals surface area contributed by atoms with Gasteiger partial charge in [0.2, 0.25) is 5.91 Å². The zero-order chi connectivity index (χ0) is 27.1. The van der Waals surface area contributed by atoms with Gasteiger partial charge in [0.05, 0.1) is 0 Å². The Morgan fingerprint density at radius 2 is 1.58 bits per heavy atom. The Kier molecular flexibility index (Phi) is 9.22. The van der Waals surface area contributed by atoms with E-state index in [4.69, 9.17) is 4.74 Å². The highest BCUT2D eigenvalue weighted by molar-refractivity contribution is 5.88. The molecule has 5 heteroatoms. The van der Waals surface area contributed by atoms with E-state index < -0.39 is 6.04 Å². The number of ether oxygens (including phenoxy) is 1. The van der Waals surface area contributed by atoms with Crippen molar-refractivity contribution >= 4 is 11.8 Å². The number of carbonyl (C=O) groups excluding carboxylic acids is 2. The van der Waals surface area contributed by atoms with Crippen LogP contribution in [0.4, 0.5) is 0 Å². The van der Waals surface area contributed by atoms with Crippen LogP contribution in [0.1, 0.15) is 59.1 Å². The summed E-state index contributed by atoms with van der Waals surface area (Å²) in [5, 5.41) is 3.25. The molecule has 200 valence electrons. The fraction of sp³-hybridized carbons (Fsp3) is 0.394. The van der Waals surface area contributed by atoms with Gasteiger partial charge >= 0.3 is 0 Å². The summed E-state index contributed by atoms with van der Waals surface area (Å²) in [7, 11) is 0. The molecule has 5 nitrogen and oxygen atoms in total. The van der Waals surface area contributed by atoms with E-state index in [1.165, 1.54) is 0 Å². The molecule has 0 radical (unpaired) electrons. The summed E-state index contributed by atoms with van der Waals surface area (Å²) in [4.78, 5) is 29.3. The number of hydrogen-bond acceptors (Lipinski definition) is 3. The quantitative estimate of drug-likeness (QED) is 0.363. The standard InChI is InChI=1S/C33H40N2O3/c1-23-14-16-28(17-15-23)21-35(32(36)22-38-31-19-24(2)18-25(3)26(31)4)30(20-27-10-6-5-7-11-27)33(37)34-29-12-8-9-13-29/h5-7,10-11,14-19,29-30H,8-9,12-13,20-22H2,1-4H3,(H,34,37). The fourth-order valence-electron chi connectivity index (χ4n) is 5.18. The molecule has 0 saturated heterocycles. The summed E-state index contributed by atoms with van der Waals surface area (Å²) in [6.45, 7) is 8.32. The van der Waals surface area contributed by atoms with Gasteiger partial charge in [0.1, 0.15) is 11.8 Å². The molecule has 4 rings (SSSR count). The number of amides is 2. The van der Waals surface area contributed by atoms with Gasteiger partial charge in [-0.1, -0.05) is 79.1 Å². The Morgan fingerprint density at radius 3 is 2.26 bits per heavy atom. The van der Waals surface area contributed by atoms with Crippen molar-refractivity contribution < 1.29 is 14.3 Å². The van der Waals surface area contributed by atoms with Crippen molar-refractivity contribution in [2.45, 2.75) is 78.4 Å². The Balaban J connectivity index is 1.63. The number of nitrogens with one attached hydrogen (secondary N) is 1. The van der Waals surface area contributed by atoms with Gasteiger partial charge in [-0.25, -0.2) is 0 Å². The minimum atomic E-state index is -0.643. The molecule has 38 heavy (non-hydrogen) atoms. The largest absolute Gasteiger partial charge is 0.483 e. The molecule has 0 aromatic heterocycles. The average molecular weight is 513 g/mol. The number of aryl methyl sites for hydroxylation is 3. The first-order valence-electron chi connectivity index (χ1n) is 13.7. The minimum absolute atomic E-state index is 0.0937. The molecule has 1 N–H and O–H groups in total. The molecule has 0 spiro atoms. The third-order valence-electron chi connectivity index (χ3n) is 7.56. The molecule has 0 bridgehead atoms. The summed E-state index contributed by atoms with van der Waals surface area (Å²) in [5.74, 6) is 0.414. The van der Waals surface area contributed by atoms with Crippen molar-refractivity contribution in [2.24, 2.45) is 0 Å². The highest BCUT2D eigenvalue weighted by Gasteiger charge is 2.32. The van der Waals surface area contributed by atoms with Gasteiger partial charge in [0, 0.05) is 19.0 Å². The minimum Gasteiger partial charge on any atom is -0.483 e. The molecule has 1 saturated carbocycles. The van der Waals surface area contributed by atoms with E-state index in [9.17, 15) is 9.59 Å². The predicted molar refractivity (Wildman–Crippen MR) is 152 cm³/mol. The van der Waals surface area contributed by atoms with Gasteiger partial charge in [0.25, 0.3) is 5.91 Å². The molecule has 0 heterocycles. The van der Waals surface area contributed by atoms with E-state index in [1.807, 2.05) is 88.4 Å². The van der Waals surface area contributed by atoms with Crippen LogP contribution in [0.3, 0.4) is 0 Å². The third-order valence-corrected chi connectivity index (χ3v) is 7.56. The van der Waals surface area contributed by atoms with Crippen molar-refractivity contribution in [2.75, 3.05) is 6.61 Å². The van der Waals surface area contributed by atoms with Crippen LogP contribution < -0.4 is 10.1 Å². The van der Waals surface area contributed by atoms with E-state index in [-0.39, 0.29) is 24.5 Å². The molecular weight excluding hydrogens is 472 g/mol. The maximum absolute atomic E-state index is 13.9. The number of carbonyl (C=O) groups is 2. The highest BCUT2D eigenvalue weighted by Crippen LogP contribution is 2.24. The first-order chi connectivity index (χ1) is 18.3. The molecule has 1 fully saturated rings. The second-order valence-electron chi connectivity index (χ2n) is 10.7. The van der Waals surface area contributed by atoms with Crippen molar-refractivity contribution in [1.29, 1.82) is 0 Å². The lowest BCUT2D eigenvalue weighted by molar-refractivity contribution is -0.143. The molecule has 1 aliphatic rings. The van der Waals surface area contributed by atoms with Crippen LogP contribution in [0.5, 0.6) is 5.75 Å². The Hall–Kier alpha value is -3.60. The van der Waals surface area contributed by atoms with E-state index in [2.05, 4.69) is 11.4 Å². The van der Waals surface area contributed by atoms with Gasteiger partial charge < -0.3 is 15.0 Å². The molecule has 2 amide bonds.